The lowest BCUT2D eigenvalue weighted by Gasteiger charge is -2.21. The van der Waals surface area contributed by atoms with Crippen LogP contribution in [0.15, 0.2) is 46.9 Å². The third-order valence-corrected chi connectivity index (χ3v) is 4.04. The predicted octanol–water partition coefficient (Wildman–Crippen LogP) is 4.76. The fraction of sp³-hybridized carbons (Fsp3) is 0.200. The third-order valence-electron chi connectivity index (χ3n) is 3.55. The molecule has 0 amide bonds. The summed E-state index contributed by atoms with van der Waals surface area (Å²) in [6.07, 6.45) is 0. The highest BCUT2D eigenvalue weighted by Crippen LogP contribution is 2.48. The Labute approximate surface area is 104 Å². The standard InChI is InChI=1S/C15H13Br/c1-15(2)13-6-4-3-5-11(13)12-9-10(16)7-8-14(12)15/h3-9H,1-2H3. The maximum Gasteiger partial charge on any atom is 0.0181 e. The van der Waals surface area contributed by atoms with Gasteiger partial charge in [0.15, 0.2) is 0 Å². The molecule has 0 spiro atoms. The molecule has 3 rings (SSSR count). The predicted molar refractivity (Wildman–Crippen MR) is 71.7 cm³/mol. The van der Waals surface area contributed by atoms with Crippen LogP contribution in [0.25, 0.3) is 11.1 Å². The fourth-order valence-electron chi connectivity index (χ4n) is 2.69. The van der Waals surface area contributed by atoms with Crippen molar-refractivity contribution in [1.82, 2.24) is 0 Å². The molecular weight excluding hydrogens is 260 g/mol. The second-order valence-electron chi connectivity index (χ2n) is 4.86. The van der Waals surface area contributed by atoms with Crippen LogP contribution in [0.2, 0.25) is 0 Å². The number of hydrogen-bond acceptors (Lipinski definition) is 0. The molecule has 16 heavy (non-hydrogen) atoms. The van der Waals surface area contributed by atoms with E-state index in [1.807, 2.05) is 0 Å². The van der Waals surface area contributed by atoms with Gasteiger partial charge in [0.2, 0.25) is 0 Å². The van der Waals surface area contributed by atoms with Gasteiger partial charge >= 0.3 is 0 Å². The Morgan fingerprint density at radius 2 is 1.56 bits per heavy atom. The van der Waals surface area contributed by atoms with Gasteiger partial charge in [-0.1, -0.05) is 60.1 Å². The average Bonchev–Trinajstić information content (AvgIpc) is 2.49. The summed E-state index contributed by atoms with van der Waals surface area (Å²) in [6, 6.07) is 15.3. The van der Waals surface area contributed by atoms with E-state index in [4.69, 9.17) is 0 Å². The number of halogens is 1. The van der Waals surface area contributed by atoms with Gasteiger partial charge in [-0.05, 0) is 34.4 Å². The fourth-order valence-corrected chi connectivity index (χ4v) is 3.05. The monoisotopic (exact) mass is 272 g/mol. The van der Waals surface area contributed by atoms with Crippen molar-refractivity contribution in [3.63, 3.8) is 0 Å². The Balaban J connectivity index is 2.40. The topological polar surface area (TPSA) is 0 Å². The Morgan fingerprint density at radius 3 is 2.38 bits per heavy atom. The largest absolute Gasteiger partial charge is 0.0619 e. The van der Waals surface area contributed by atoms with Crippen LogP contribution in [-0.2, 0) is 5.41 Å². The maximum absolute atomic E-state index is 3.55. The molecule has 2 aromatic rings. The molecule has 0 aromatic heterocycles. The quantitative estimate of drug-likeness (QED) is 0.649. The van der Waals surface area contributed by atoms with Crippen LogP contribution in [0.4, 0.5) is 0 Å². The number of benzene rings is 2. The second-order valence-corrected chi connectivity index (χ2v) is 5.78. The molecule has 0 atom stereocenters. The number of fused-ring (bicyclic) bond motifs is 3. The Bertz CT molecular complexity index is 567. The van der Waals surface area contributed by atoms with Crippen LogP contribution < -0.4 is 0 Å². The lowest BCUT2D eigenvalue weighted by molar-refractivity contribution is 0.660. The van der Waals surface area contributed by atoms with Crippen molar-refractivity contribution in [3.8, 4) is 11.1 Å². The maximum atomic E-state index is 3.55. The number of rotatable bonds is 0. The normalized spacial score (nSPS) is 15.7. The SMILES string of the molecule is CC1(C)c2ccccc2-c2cc(Br)ccc21. The minimum atomic E-state index is 0.132. The molecule has 0 unspecified atom stereocenters. The smallest absolute Gasteiger partial charge is 0.0181 e. The van der Waals surface area contributed by atoms with E-state index in [2.05, 4.69) is 72.2 Å². The summed E-state index contributed by atoms with van der Waals surface area (Å²) < 4.78 is 1.15. The summed E-state index contributed by atoms with van der Waals surface area (Å²) in [5, 5.41) is 0. The van der Waals surface area contributed by atoms with E-state index < -0.39 is 0 Å². The van der Waals surface area contributed by atoms with Crippen molar-refractivity contribution < 1.29 is 0 Å². The van der Waals surface area contributed by atoms with Gasteiger partial charge in [-0.2, -0.15) is 0 Å². The van der Waals surface area contributed by atoms with Crippen molar-refractivity contribution >= 4 is 15.9 Å². The Morgan fingerprint density at radius 1 is 0.875 bits per heavy atom. The Hall–Kier alpha value is -1.08. The molecule has 0 nitrogen and oxygen atoms in total. The lowest BCUT2D eigenvalue weighted by atomic mass is 9.82. The van der Waals surface area contributed by atoms with Crippen LogP contribution in [0.5, 0.6) is 0 Å². The van der Waals surface area contributed by atoms with Gasteiger partial charge in [-0.25, -0.2) is 0 Å². The minimum absolute atomic E-state index is 0.132. The first kappa shape index (κ1) is 10.1. The molecular formula is C15H13Br. The molecule has 80 valence electrons. The Kier molecular flexibility index (Phi) is 2.02. The van der Waals surface area contributed by atoms with Gasteiger partial charge in [-0.3, -0.25) is 0 Å². The summed E-state index contributed by atoms with van der Waals surface area (Å²) >= 11 is 3.55. The third kappa shape index (κ3) is 1.21. The van der Waals surface area contributed by atoms with Crippen LogP contribution in [0.1, 0.15) is 25.0 Å². The summed E-state index contributed by atoms with van der Waals surface area (Å²) in [6.45, 7) is 4.59. The zero-order valence-corrected chi connectivity index (χ0v) is 11.0. The van der Waals surface area contributed by atoms with Crippen molar-refractivity contribution in [2.75, 3.05) is 0 Å². The van der Waals surface area contributed by atoms with Crippen LogP contribution in [0, 0.1) is 0 Å². The lowest BCUT2D eigenvalue weighted by Crippen LogP contribution is -2.14. The van der Waals surface area contributed by atoms with Crippen LogP contribution in [0.3, 0.4) is 0 Å². The van der Waals surface area contributed by atoms with E-state index in [1.54, 1.807) is 0 Å². The summed E-state index contributed by atoms with van der Waals surface area (Å²) in [4.78, 5) is 0. The molecule has 1 aliphatic carbocycles. The molecule has 0 heterocycles. The molecule has 0 saturated carbocycles. The van der Waals surface area contributed by atoms with Gasteiger partial charge < -0.3 is 0 Å². The van der Waals surface area contributed by atoms with E-state index in [-0.39, 0.29) is 5.41 Å². The second kappa shape index (κ2) is 3.21. The first-order valence-electron chi connectivity index (χ1n) is 5.50. The van der Waals surface area contributed by atoms with Gasteiger partial charge in [0.05, 0.1) is 0 Å². The van der Waals surface area contributed by atoms with Crippen molar-refractivity contribution in [2.45, 2.75) is 19.3 Å². The minimum Gasteiger partial charge on any atom is -0.0619 e. The average molecular weight is 273 g/mol. The molecule has 2 aromatic carbocycles. The van der Waals surface area contributed by atoms with E-state index in [0.717, 1.165) is 4.47 Å². The van der Waals surface area contributed by atoms with Crippen molar-refractivity contribution in [2.24, 2.45) is 0 Å². The van der Waals surface area contributed by atoms with Crippen LogP contribution >= 0.6 is 15.9 Å². The number of hydrogen-bond donors (Lipinski definition) is 0. The molecule has 0 bridgehead atoms. The molecule has 1 heteroatoms. The zero-order chi connectivity index (χ0) is 11.3. The zero-order valence-electron chi connectivity index (χ0n) is 9.42. The summed E-state index contributed by atoms with van der Waals surface area (Å²) in [5.74, 6) is 0. The van der Waals surface area contributed by atoms with E-state index in [1.165, 1.54) is 22.3 Å². The van der Waals surface area contributed by atoms with E-state index in [9.17, 15) is 0 Å². The van der Waals surface area contributed by atoms with Crippen molar-refractivity contribution in [3.05, 3.63) is 58.1 Å². The van der Waals surface area contributed by atoms with Gasteiger partial charge in [-0.15, -0.1) is 0 Å². The van der Waals surface area contributed by atoms with Gasteiger partial charge in [0.1, 0.15) is 0 Å². The molecule has 0 aliphatic heterocycles. The van der Waals surface area contributed by atoms with Gasteiger partial charge in [0.25, 0.3) is 0 Å². The van der Waals surface area contributed by atoms with E-state index in [0.29, 0.717) is 0 Å². The van der Waals surface area contributed by atoms with E-state index >= 15 is 0 Å². The summed E-state index contributed by atoms with van der Waals surface area (Å²) in [7, 11) is 0. The molecule has 1 aliphatic rings. The highest BCUT2D eigenvalue weighted by molar-refractivity contribution is 9.10. The summed E-state index contributed by atoms with van der Waals surface area (Å²) in [5.41, 5.74) is 5.74. The molecule has 0 fully saturated rings. The first-order chi connectivity index (χ1) is 7.60. The van der Waals surface area contributed by atoms with Crippen molar-refractivity contribution in [1.29, 1.82) is 0 Å². The van der Waals surface area contributed by atoms with Crippen LogP contribution in [-0.4, -0.2) is 0 Å². The highest BCUT2D eigenvalue weighted by atomic mass is 79.9. The molecule has 0 radical (unpaired) electrons. The van der Waals surface area contributed by atoms with Gasteiger partial charge in [0, 0.05) is 9.89 Å². The first-order valence-corrected chi connectivity index (χ1v) is 6.30. The molecule has 0 N–H and O–H groups in total. The molecule has 0 saturated heterocycles. The highest BCUT2D eigenvalue weighted by Gasteiger charge is 2.34.